The smallest absolute Gasteiger partial charge is 0.265 e. The molecule has 136 valence electrons. The summed E-state index contributed by atoms with van der Waals surface area (Å²) in [7, 11) is -2.29. The summed E-state index contributed by atoms with van der Waals surface area (Å²) in [6, 6.07) is 11.1. The number of sulfonamides is 1. The Kier molecular flexibility index (Phi) is 5.78. The molecule has 0 saturated heterocycles. The molecule has 0 radical (unpaired) electrons. The van der Waals surface area contributed by atoms with E-state index >= 15 is 0 Å². The van der Waals surface area contributed by atoms with Gasteiger partial charge >= 0.3 is 0 Å². The molecule has 0 atom stereocenters. The lowest BCUT2D eigenvalue weighted by Crippen LogP contribution is -2.17. The third kappa shape index (κ3) is 4.15. The van der Waals surface area contributed by atoms with Crippen LogP contribution < -0.4 is 9.46 Å². The maximum atomic E-state index is 13.1. The molecule has 2 aromatic rings. The third-order valence-electron chi connectivity index (χ3n) is 4.22. The van der Waals surface area contributed by atoms with Crippen LogP contribution in [0.15, 0.2) is 41.3 Å². The Morgan fingerprint density at radius 1 is 0.960 bits per heavy atom. The first-order chi connectivity index (χ1) is 11.7. The number of methoxy groups -OCH3 is 1. The second-order valence-electron chi connectivity index (χ2n) is 6.88. The zero-order valence-corrected chi connectivity index (χ0v) is 16.6. The Morgan fingerprint density at radius 3 is 2.00 bits per heavy atom. The quantitative estimate of drug-likeness (QED) is 0.783. The van der Waals surface area contributed by atoms with E-state index in [1.54, 1.807) is 12.1 Å². The highest BCUT2D eigenvalue weighted by Crippen LogP contribution is 2.35. The Morgan fingerprint density at radius 2 is 1.52 bits per heavy atom. The monoisotopic (exact) mass is 361 g/mol. The number of rotatable bonds is 6. The molecule has 1 N–H and O–H groups in total. The number of nitrogens with one attached hydrogen (secondary N) is 1. The lowest BCUT2D eigenvalue weighted by molar-refractivity contribution is 0.402. The predicted octanol–water partition coefficient (Wildman–Crippen LogP) is 5.05. The van der Waals surface area contributed by atoms with Crippen molar-refractivity contribution < 1.29 is 13.2 Å². The lowest BCUT2D eigenvalue weighted by atomic mass is 9.93. The highest BCUT2D eigenvalue weighted by atomic mass is 32.2. The van der Waals surface area contributed by atoms with Crippen LogP contribution in [0.3, 0.4) is 0 Å². The first kappa shape index (κ1) is 19.3. The minimum atomic E-state index is -3.77. The van der Waals surface area contributed by atoms with Gasteiger partial charge < -0.3 is 4.74 Å². The molecule has 2 aromatic carbocycles. The van der Waals surface area contributed by atoms with Crippen LogP contribution >= 0.6 is 0 Å². The number of benzene rings is 2. The maximum Gasteiger partial charge on any atom is 0.265 e. The molecule has 0 fully saturated rings. The summed E-state index contributed by atoms with van der Waals surface area (Å²) in [6.45, 7) is 10.1. The molecule has 4 nitrogen and oxygen atoms in total. The van der Waals surface area contributed by atoms with Gasteiger partial charge in [0.15, 0.2) is 0 Å². The van der Waals surface area contributed by atoms with Crippen molar-refractivity contribution in [2.45, 2.75) is 51.3 Å². The minimum absolute atomic E-state index is 0.156. The molecule has 0 saturated carbocycles. The van der Waals surface area contributed by atoms with Gasteiger partial charge in [0.25, 0.3) is 10.0 Å². The van der Waals surface area contributed by atoms with Crippen molar-refractivity contribution in [2.24, 2.45) is 0 Å². The van der Waals surface area contributed by atoms with Crippen molar-refractivity contribution in [1.82, 2.24) is 0 Å². The topological polar surface area (TPSA) is 55.4 Å². The Labute approximate surface area is 151 Å². The van der Waals surface area contributed by atoms with Crippen LogP contribution in [0, 0.1) is 6.92 Å². The first-order valence-electron chi connectivity index (χ1n) is 8.47. The van der Waals surface area contributed by atoms with E-state index in [1.165, 1.54) is 7.11 Å². The van der Waals surface area contributed by atoms with Gasteiger partial charge in [-0.25, -0.2) is 8.42 Å². The molecule has 2 rings (SSSR count). The van der Waals surface area contributed by atoms with E-state index in [2.05, 4.69) is 32.4 Å². The van der Waals surface area contributed by atoms with Crippen molar-refractivity contribution >= 4 is 15.7 Å². The lowest BCUT2D eigenvalue weighted by Gasteiger charge is -2.21. The fraction of sp³-hybridized carbons (Fsp3) is 0.400. The van der Waals surface area contributed by atoms with Crippen molar-refractivity contribution in [3.63, 3.8) is 0 Å². The zero-order valence-electron chi connectivity index (χ0n) is 15.8. The summed E-state index contributed by atoms with van der Waals surface area (Å²) in [4.78, 5) is 0.156. The molecule has 0 aliphatic heterocycles. The van der Waals surface area contributed by atoms with Crippen LogP contribution in [0.1, 0.15) is 56.2 Å². The van der Waals surface area contributed by atoms with Crippen molar-refractivity contribution in [3.8, 4) is 5.75 Å². The highest BCUT2D eigenvalue weighted by molar-refractivity contribution is 7.92. The molecule has 0 bridgehead atoms. The molecule has 0 amide bonds. The zero-order chi connectivity index (χ0) is 18.8. The van der Waals surface area contributed by atoms with Gasteiger partial charge in [-0.2, -0.15) is 0 Å². The van der Waals surface area contributed by atoms with Crippen molar-refractivity contribution in [1.29, 1.82) is 0 Å². The Bertz CT molecular complexity index is 829. The molecule has 0 spiro atoms. The summed E-state index contributed by atoms with van der Waals surface area (Å²) in [6.07, 6.45) is 0. The van der Waals surface area contributed by atoms with E-state index < -0.39 is 10.0 Å². The number of anilines is 1. The summed E-state index contributed by atoms with van der Waals surface area (Å²) < 4.78 is 34.3. The van der Waals surface area contributed by atoms with Crippen LogP contribution in [-0.4, -0.2) is 15.5 Å². The molecular formula is C20H27NO3S. The predicted molar refractivity (Wildman–Crippen MR) is 103 cm³/mol. The van der Waals surface area contributed by atoms with Gasteiger partial charge in [-0.3, -0.25) is 4.72 Å². The number of para-hydroxylation sites is 1. The van der Waals surface area contributed by atoms with Crippen molar-refractivity contribution in [2.75, 3.05) is 11.8 Å². The molecule has 0 heterocycles. The van der Waals surface area contributed by atoms with Crippen LogP contribution in [-0.2, 0) is 10.0 Å². The van der Waals surface area contributed by atoms with E-state index in [4.69, 9.17) is 4.74 Å². The summed E-state index contributed by atoms with van der Waals surface area (Å²) in [5.74, 6) is 0.748. The maximum absolute atomic E-state index is 13.1. The average molecular weight is 362 g/mol. The molecule has 25 heavy (non-hydrogen) atoms. The number of aryl methyl sites for hydroxylation is 1. The molecule has 0 unspecified atom stereocenters. The largest absolute Gasteiger partial charge is 0.495 e. The number of hydrogen-bond donors (Lipinski definition) is 1. The Hall–Kier alpha value is -2.01. The van der Waals surface area contributed by atoms with E-state index in [-0.39, 0.29) is 16.7 Å². The summed E-state index contributed by atoms with van der Waals surface area (Å²) >= 11 is 0. The van der Waals surface area contributed by atoms with Crippen molar-refractivity contribution in [3.05, 3.63) is 53.1 Å². The van der Waals surface area contributed by atoms with E-state index in [9.17, 15) is 8.42 Å². The average Bonchev–Trinajstić information content (AvgIpc) is 2.54. The van der Waals surface area contributed by atoms with Gasteiger partial charge in [-0.05, 0) is 47.6 Å². The van der Waals surface area contributed by atoms with Gasteiger partial charge in [0.1, 0.15) is 10.6 Å². The molecule has 0 aromatic heterocycles. The molecule has 0 aliphatic rings. The fourth-order valence-corrected chi connectivity index (χ4v) is 4.22. The first-order valence-corrected chi connectivity index (χ1v) is 9.96. The molecule has 5 heteroatoms. The van der Waals surface area contributed by atoms with E-state index in [0.29, 0.717) is 11.4 Å². The minimum Gasteiger partial charge on any atom is -0.495 e. The van der Waals surface area contributed by atoms with E-state index in [1.807, 2.05) is 31.2 Å². The standard InChI is InChI=1S/C20H27NO3S/c1-13(2)16-8-7-9-17(14(3)4)20(16)21-25(22,23)19-12-15(5)10-11-18(19)24-6/h7-14,21H,1-6H3. The third-order valence-corrected chi connectivity index (χ3v) is 5.59. The van der Waals surface area contributed by atoms with Crippen LogP contribution in [0.5, 0.6) is 5.75 Å². The van der Waals surface area contributed by atoms with Gasteiger partial charge in [0.2, 0.25) is 0 Å². The summed E-state index contributed by atoms with van der Waals surface area (Å²) in [5, 5.41) is 0. The van der Waals surface area contributed by atoms with Crippen LogP contribution in [0.25, 0.3) is 0 Å². The SMILES string of the molecule is COc1ccc(C)cc1S(=O)(=O)Nc1c(C(C)C)cccc1C(C)C. The summed E-state index contributed by atoms with van der Waals surface area (Å²) in [5.41, 5.74) is 3.52. The van der Waals surface area contributed by atoms with Gasteiger partial charge in [-0.1, -0.05) is 52.0 Å². The van der Waals surface area contributed by atoms with Crippen LogP contribution in [0.4, 0.5) is 5.69 Å². The fourth-order valence-electron chi connectivity index (χ4n) is 2.85. The second-order valence-corrected chi connectivity index (χ2v) is 8.53. The normalized spacial score (nSPS) is 11.8. The van der Waals surface area contributed by atoms with Gasteiger partial charge in [0.05, 0.1) is 12.8 Å². The number of ether oxygens (including phenoxy) is 1. The highest BCUT2D eigenvalue weighted by Gasteiger charge is 2.23. The molecular weight excluding hydrogens is 334 g/mol. The second kappa shape index (κ2) is 7.48. The van der Waals surface area contributed by atoms with E-state index in [0.717, 1.165) is 16.7 Å². The van der Waals surface area contributed by atoms with Crippen LogP contribution in [0.2, 0.25) is 0 Å². The number of hydrogen-bond acceptors (Lipinski definition) is 3. The van der Waals surface area contributed by atoms with Gasteiger partial charge in [-0.15, -0.1) is 0 Å². The Balaban J connectivity index is 2.61. The molecule has 0 aliphatic carbocycles. The van der Waals surface area contributed by atoms with Gasteiger partial charge in [0, 0.05) is 0 Å².